The monoisotopic (exact) mass is 567 g/mol. The summed E-state index contributed by atoms with van der Waals surface area (Å²) in [7, 11) is 1.17. The topological polar surface area (TPSA) is 107 Å². The number of halogens is 3. The Morgan fingerprint density at radius 2 is 1.73 bits per heavy atom. The molecule has 1 saturated heterocycles. The number of esters is 1. The van der Waals surface area contributed by atoms with E-state index in [1.54, 1.807) is 60.6 Å². The molecule has 1 fully saturated rings. The Balaban J connectivity index is 1.95. The maximum Gasteiger partial charge on any atom is 0.433 e. The highest BCUT2D eigenvalue weighted by Crippen LogP contribution is 2.36. The molecule has 1 aliphatic rings. The highest BCUT2D eigenvalue weighted by atomic mass is 19.4. The van der Waals surface area contributed by atoms with Crippen molar-refractivity contribution in [3.05, 3.63) is 35.5 Å². The van der Waals surface area contributed by atoms with Crippen LogP contribution in [0.1, 0.15) is 59.2 Å². The van der Waals surface area contributed by atoms with Gasteiger partial charge >= 0.3 is 18.2 Å². The minimum Gasteiger partial charge on any atom is -0.488 e. The number of benzene rings is 1. The predicted molar refractivity (Wildman–Crippen MR) is 141 cm³/mol. The first-order chi connectivity index (χ1) is 18.3. The molecule has 220 valence electrons. The van der Waals surface area contributed by atoms with E-state index in [4.69, 9.17) is 14.2 Å². The molecule has 1 aromatic heterocycles. The molecule has 2 aromatic rings. The molecule has 3 atom stereocenters. The molecule has 0 saturated carbocycles. The fraction of sp³-hybridized carbons (Fsp3) is 0.571. The van der Waals surface area contributed by atoms with Crippen molar-refractivity contribution in [2.24, 2.45) is 5.41 Å². The number of likely N-dealkylation sites (tertiary alicyclic amines) is 1. The molecule has 9 nitrogen and oxygen atoms in total. The zero-order valence-electron chi connectivity index (χ0n) is 23.9. The van der Waals surface area contributed by atoms with E-state index >= 15 is 0 Å². The highest BCUT2D eigenvalue weighted by Gasteiger charge is 2.47. The van der Waals surface area contributed by atoms with E-state index in [-0.39, 0.29) is 24.2 Å². The summed E-state index contributed by atoms with van der Waals surface area (Å²) in [6, 6.07) is 3.44. The zero-order chi connectivity index (χ0) is 30.2. The van der Waals surface area contributed by atoms with E-state index in [0.717, 1.165) is 11.6 Å². The van der Waals surface area contributed by atoms with Crippen molar-refractivity contribution in [2.75, 3.05) is 13.7 Å². The summed E-state index contributed by atoms with van der Waals surface area (Å²) in [5.41, 5.74) is -1.83. The van der Waals surface area contributed by atoms with E-state index in [9.17, 15) is 27.6 Å². The molecule has 0 radical (unpaired) electrons. The van der Waals surface area contributed by atoms with Gasteiger partial charge in [-0.25, -0.2) is 14.6 Å². The number of ether oxygens (including phenoxy) is 3. The number of alkyl carbamates (subject to hydrolysis) is 1. The number of fused-ring (bicyclic) bond motifs is 1. The van der Waals surface area contributed by atoms with Gasteiger partial charge in [0.1, 0.15) is 35.2 Å². The largest absolute Gasteiger partial charge is 0.488 e. The van der Waals surface area contributed by atoms with Crippen molar-refractivity contribution in [3.63, 3.8) is 0 Å². The molecule has 2 amide bonds. The van der Waals surface area contributed by atoms with Crippen molar-refractivity contribution in [1.29, 1.82) is 0 Å². The maximum absolute atomic E-state index is 13.8. The Kier molecular flexibility index (Phi) is 8.62. The van der Waals surface area contributed by atoms with Crippen LogP contribution in [-0.4, -0.2) is 65.3 Å². The van der Waals surface area contributed by atoms with Crippen LogP contribution in [0.5, 0.6) is 5.75 Å². The van der Waals surface area contributed by atoms with E-state index < -0.39 is 59.0 Å². The number of nitrogens with one attached hydrogen (secondary N) is 1. The van der Waals surface area contributed by atoms with Gasteiger partial charge in [0.05, 0.1) is 19.2 Å². The highest BCUT2D eigenvalue weighted by molar-refractivity contribution is 5.91. The normalized spacial score (nSPS) is 18.8. The lowest BCUT2D eigenvalue weighted by Gasteiger charge is -2.35. The minimum absolute atomic E-state index is 0.0291. The summed E-state index contributed by atoms with van der Waals surface area (Å²) >= 11 is 0. The summed E-state index contributed by atoms with van der Waals surface area (Å²) in [6.07, 6.45) is -6.39. The predicted octanol–water partition coefficient (Wildman–Crippen LogP) is 5.02. The van der Waals surface area contributed by atoms with E-state index in [2.05, 4.69) is 10.3 Å². The second-order valence-electron chi connectivity index (χ2n) is 12.0. The van der Waals surface area contributed by atoms with Crippen LogP contribution < -0.4 is 10.1 Å². The Morgan fingerprint density at radius 1 is 1.07 bits per heavy atom. The van der Waals surface area contributed by atoms with E-state index in [1.165, 1.54) is 18.1 Å². The van der Waals surface area contributed by atoms with Gasteiger partial charge in [-0.1, -0.05) is 32.4 Å². The van der Waals surface area contributed by atoms with Gasteiger partial charge in [-0.2, -0.15) is 13.2 Å². The number of amides is 2. The van der Waals surface area contributed by atoms with Gasteiger partial charge in [-0.15, -0.1) is 0 Å². The third kappa shape index (κ3) is 7.33. The fourth-order valence-corrected chi connectivity index (χ4v) is 4.46. The van der Waals surface area contributed by atoms with Gasteiger partial charge in [-0.3, -0.25) is 4.79 Å². The van der Waals surface area contributed by atoms with Crippen LogP contribution in [0.2, 0.25) is 0 Å². The molecule has 1 aromatic carbocycles. The quantitative estimate of drug-likeness (QED) is 0.506. The molecule has 0 spiro atoms. The summed E-state index contributed by atoms with van der Waals surface area (Å²) in [4.78, 5) is 44.0. The number of carbonyl (C=O) groups is 3. The standard InChI is InChI=1S/C28H36F3N3O6/c1-15-9-10-18-17(11-15)20(13-21(32-18)28(29,30)31)39-16-12-19(24(36)38-8)34(14-16)23(35)22(26(2,3)4)33-25(37)40-27(5,6)7/h9-11,13,16,19,22H,12,14H2,1-8H3,(H,33,37). The molecule has 12 heteroatoms. The molecule has 0 aliphatic carbocycles. The third-order valence-electron chi connectivity index (χ3n) is 6.30. The van der Waals surface area contributed by atoms with Gasteiger partial charge in [-0.05, 0) is 45.2 Å². The fourth-order valence-electron chi connectivity index (χ4n) is 4.46. The molecule has 1 N–H and O–H groups in total. The molecule has 0 bridgehead atoms. The lowest BCUT2D eigenvalue weighted by molar-refractivity contribution is -0.152. The first kappa shape index (κ1) is 31.0. The van der Waals surface area contributed by atoms with Crippen LogP contribution in [0.4, 0.5) is 18.0 Å². The van der Waals surface area contributed by atoms with Crippen LogP contribution in [0.3, 0.4) is 0 Å². The second kappa shape index (κ2) is 11.1. The SMILES string of the molecule is COC(=O)C1CC(Oc2cc(C(F)(F)F)nc3ccc(C)cc23)CN1C(=O)C(NC(=O)OC(C)(C)C)C(C)(C)C. The number of pyridine rings is 1. The van der Waals surface area contributed by atoms with Gasteiger partial charge in [0.2, 0.25) is 5.91 Å². The maximum atomic E-state index is 13.8. The smallest absolute Gasteiger partial charge is 0.433 e. The third-order valence-corrected chi connectivity index (χ3v) is 6.30. The van der Waals surface area contributed by atoms with Crippen molar-refractivity contribution in [2.45, 2.75) is 84.9 Å². The number of carbonyl (C=O) groups excluding carboxylic acids is 3. The number of aromatic nitrogens is 1. The number of aryl methyl sites for hydroxylation is 1. The van der Waals surface area contributed by atoms with Crippen LogP contribution >= 0.6 is 0 Å². The van der Waals surface area contributed by atoms with Crippen molar-refractivity contribution in [3.8, 4) is 5.75 Å². The van der Waals surface area contributed by atoms with Crippen molar-refractivity contribution < 1.29 is 41.8 Å². The lowest BCUT2D eigenvalue weighted by atomic mass is 9.85. The molecule has 3 unspecified atom stereocenters. The van der Waals surface area contributed by atoms with E-state index in [1.807, 2.05) is 0 Å². The summed E-state index contributed by atoms with van der Waals surface area (Å²) in [5.74, 6) is -1.36. The number of nitrogens with zero attached hydrogens (tertiary/aromatic N) is 2. The number of alkyl halides is 3. The summed E-state index contributed by atoms with van der Waals surface area (Å²) < 4.78 is 57.1. The Morgan fingerprint density at radius 3 is 2.27 bits per heavy atom. The van der Waals surface area contributed by atoms with Crippen LogP contribution in [0, 0.1) is 12.3 Å². The molecule has 3 rings (SSSR count). The molecular formula is C28H36F3N3O6. The van der Waals surface area contributed by atoms with Crippen LogP contribution in [0.25, 0.3) is 10.9 Å². The van der Waals surface area contributed by atoms with Gasteiger partial charge < -0.3 is 24.4 Å². The average molecular weight is 568 g/mol. The second-order valence-corrected chi connectivity index (χ2v) is 12.0. The Labute approximate surface area is 231 Å². The molecule has 1 aliphatic heterocycles. The lowest BCUT2D eigenvalue weighted by Crippen LogP contribution is -2.57. The number of methoxy groups -OCH3 is 1. The Bertz CT molecular complexity index is 1280. The molecule has 40 heavy (non-hydrogen) atoms. The minimum atomic E-state index is -4.71. The van der Waals surface area contributed by atoms with Crippen LogP contribution in [0.15, 0.2) is 24.3 Å². The Hall–Kier alpha value is -3.57. The summed E-state index contributed by atoms with van der Waals surface area (Å²) in [6.45, 7) is 11.9. The molecular weight excluding hydrogens is 531 g/mol. The first-order valence-corrected chi connectivity index (χ1v) is 12.8. The number of hydrogen-bond acceptors (Lipinski definition) is 7. The van der Waals surface area contributed by atoms with Gasteiger partial charge in [0.15, 0.2) is 0 Å². The van der Waals surface area contributed by atoms with Gasteiger partial charge in [0.25, 0.3) is 0 Å². The zero-order valence-corrected chi connectivity index (χ0v) is 23.9. The van der Waals surface area contributed by atoms with Crippen molar-refractivity contribution in [1.82, 2.24) is 15.2 Å². The van der Waals surface area contributed by atoms with E-state index in [0.29, 0.717) is 5.39 Å². The number of hydrogen-bond donors (Lipinski definition) is 1. The molecule has 2 heterocycles. The average Bonchev–Trinajstić information content (AvgIpc) is 3.23. The van der Waals surface area contributed by atoms with Crippen LogP contribution in [-0.2, 0) is 25.2 Å². The first-order valence-electron chi connectivity index (χ1n) is 12.8. The van der Waals surface area contributed by atoms with Crippen molar-refractivity contribution >= 4 is 28.9 Å². The van der Waals surface area contributed by atoms with Gasteiger partial charge in [0, 0.05) is 17.9 Å². The number of rotatable bonds is 5. The summed E-state index contributed by atoms with van der Waals surface area (Å²) in [5, 5.41) is 2.98.